The average molecular weight is 239 g/mol. The lowest BCUT2D eigenvalue weighted by molar-refractivity contribution is 0.791. The number of nitrogens with zero attached hydrogens (tertiary/aromatic N) is 2. The monoisotopic (exact) mass is 239 g/mol. The second kappa shape index (κ2) is 4.41. The fourth-order valence-electron chi connectivity index (χ4n) is 2.54. The molecular weight excluding hydrogens is 222 g/mol. The Morgan fingerprint density at radius 3 is 2.78 bits per heavy atom. The predicted molar refractivity (Wildman–Crippen MR) is 73.3 cm³/mol. The maximum absolute atomic E-state index is 4.54. The van der Waals surface area contributed by atoms with E-state index in [9.17, 15) is 0 Å². The fourth-order valence-corrected chi connectivity index (χ4v) is 2.54. The summed E-state index contributed by atoms with van der Waals surface area (Å²) in [6, 6.07) is 4.11. The van der Waals surface area contributed by atoms with Crippen molar-refractivity contribution in [3.63, 3.8) is 0 Å². The molecule has 3 heteroatoms. The summed E-state index contributed by atoms with van der Waals surface area (Å²) in [7, 11) is 0. The van der Waals surface area contributed by atoms with Crippen molar-refractivity contribution in [2.45, 2.75) is 32.6 Å². The molecule has 0 bridgehead atoms. The van der Waals surface area contributed by atoms with Gasteiger partial charge in [-0.05, 0) is 42.0 Å². The van der Waals surface area contributed by atoms with Crippen molar-refractivity contribution in [2.75, 3.05) is 5.32 Å². The van der Waals surface area contributed by atoms with E-state index in [1.165, 1.54) is 28.2 Å². The molecule has 0 amide bonds. The first-order chi connectivity index (χ1) is 8.75. The van der Waals surface area contributed by atoms with Crippen molar-refractivity contribution in [1.82, 2.24) is 9.97 Å². The van der Waals surface area contributed by atoms with E-state index in [4.69, 9.17) is 0 Å². The molecule has 0 aliphatic carbocycles. The Morgan fingerprint density at radius 1 is 1.11 bits per heavy atom. The summed E-state index contributed by atoms with van der Waals surface area (Å²) in [6.45, 7) is 4.39. The van der Waals surface area contributed by atoms with Gasteiger partial charge in [-0.25, -0.2) is 0 Å². The lowest BCUT2D eigenvalue weighted by Gasteiger charge is -2.14. The lowest BCUT2D eigenvalue weighted by Crippen LogP contribution is -2.03. The molecule has 0 fully saturated rings. The van der Waals surface area contributed by atoms with E-state index in [-0.39, 0.29) is 0 Å². The van der Waals surface area contributed by atoms with Crippen LogP contribution in [0.1, 0.15) is 36.6 Å². The molecule has 18 heavy (non-hydrogen) atoms. The zero-order chi connectivity index (χ0) is 12.5. The van der Waals surface area contributed by atoms with Gasteiger partial charge in [0.05, 0.1) is 0 Å². The first-order valence-corrected chi connectivity index (χ1v) is 6.43. The van der Waals surface area contributed by atoms with Crippen molar-refractivity contribution >= 4 is 11.4 Å². The Balaban J connectivity index is 2.09. The third-order valence-electron chi connectivity index (χ3n) is 3.45. The molecule has 0 unspecified atom stereocenters. The second-order valence-electron chi connectivity index (χ2n) is 5.03. The second-order valence-corrected chi connectivity index (χ2v) is 5.03. The van der Waals surface area contributed by atoms with Crippen LogP contribution in [0.5, 0.6) is 0 Å². The van der Waals surface area contributed by atoms with Gasteiger partial charge in [0.25, 0.3) is 0 Å². The molecule has 0 aromatic carbocycles. The van der Waals surface area contributed by atoms with Crippen LogP contribution in [0.25, 0.3) is 0 Å². The molecule has 1 aliphatic rings. The first-order valence-electron chi connectivity index (χ1n) is 6.43. The summed E-state index contributed by atoms with van der Waals surface area (Å²) in [4.78, 5) is 8.74. The molecule has 0 saturated heterocycles. The molecule has 92 valence electrons. The summed E-state index contributed by atoms with van der Waals surface area (Å²) in [6.07, 6.45) is 7.74. The molecular formula is C15H17N3. The number of hydrogen-bond acceptors (Lipinski definition) is 3. The number of anilines is 2. The van der Waals surface area contributed by atoms with E-state index in [2.05, 4.69) is 35.2 Å². The standard InChI is InChI=1S/C15H17N3/c1-10(2)15-12-4-3-11-9-16-7-5-13(11)18-14(12)6-8-17-15/h5-10,18H,3-4H2,1-2H3. The Kier molecular flexibility index (Phi) is 2.74. The quantitative estimate of drug-likeness (QED) is 0.828. The molecule has 3 nitrogen and oxygen atoms in total. The van der Waals surface area contributed by atoms with Crippen LogP contribution in [0.15, 0.2) is 30.7 Å². The number of aromatic nitrogens is 2. The first kappa shape index (κ1) is 11.2. The zero-order valence-corrected chi connectivity index (χ0v) is 10.8. The number of aryl methyl sites for hydroxylation is 1. The van der Waals surface area contributed by atoms with E-state index < -0.39 is 0 Å². The largest absolute Gasteiger partial charge is 0.355 e. The smallest absolute Gasteiger partial charge is 0.0481 e. The molecule has 2 aromatic heterocycles. The normalized spacial score (nSPS) is 13.5. The maximum atomic E-state index is 4.54. The van der Waals surface area contributed by atoms with Crippen LogP contribution in [-0.2, 0) is 12.8 Å². The molecule has 1 aliphatic heterocycles. The van der Waals surface area contributed by atoms with Gasteiger partial charge in [-0.1, -0.05) is 13.8 Å². The molecule has 1 N–H and O–H groups in total. The van der Waals surface area contributed by atoms with Crippen molar-refractivity contribution in [3.8, 4) is 0 Å². The van der Waals surface area contributed by atoms with Gasteiger partial charge in [-0.15, -0.1) is 0 Å². The van der Waals surface area contributed by atoms with Gasteiger partial charge >= 0.3 is 0 Å². The molecule has 0 atom stereocenters. The summed E-state index contributed by atoms with van der Waals surface area (Å²) in [5.74, 6) is 0.459. The minimum absolute atomic E-state index is 0.459. The van der Waals surface area contributed by atoms with Gasteiger partial charge in [0.15, 0.2) is 0 Å². The highest BCUT2D eigenvalue weighted by Crippen LogP contribution is 2.32. The summed E-state index contributed by atoms with van der Waals surface area (Å²) in [5.41, 5.74) is 6.20. The lowest BCUT2D eigenvalue weighted by atomic mass is 9.98. The molecule has 0 radical (unpaired) electrons. The van der Waals surface area contributed by atoms with Crippen LogP contribution in [0.3, 0.4) is 0 Å². The number of hydrogen-bond donors (Lipinski definition) is 1. The van der Waals surface area contributed by atoms with Gasteiger partial charge in [-0.3, -0.25) is 9.97 Å². The summed E-state index contributed by atoms with van der Waals surface area (Å²) in [5, 5.41) is 3.52. The van der Waals surface area contributed by atoms with Crippen molar-refractivity contribution in [2.24, 2.45) is 0 Å². The maximum Gasteiger partial charge on any atom is 0.0481 e. The van der Waals surface area contributed by atoms with Gasteiger partial charge in [0.1, 0.15) is 0 Å². The van der Waals surface area contributed by atoms with Gasteiger partial charge in [0.2, 0.25) is 0 Å². The van der Waals surface area contributed by atoms with Crippen LogP contribution in [-0.4, -0.2) is 9.97 Å². The van der Waals surface area contributed by atoms with Crippen LogP contribution in [0.4, 0.5) is 11.4 Å². The SMILES string of the molecule is CC(C)c1nccc2c1CCc1cnccc1N2. The molecule has 0 saturated carbocycles. The van der Waals surface area contributed by atoms with Crippen LogP contribution < -0.4 is 5.32 Å². The van der Waals surface area contributed by atoms with Crippen molar-refractivity contribution in [3.05, 3.63) is 47.5 Å². The molecule has 3 heterocycles. The number of rotatable bonds is 1. The summed E-state index contributed by atoms with van der Waals surface area (Å²) < 4.78 is 0. The van der Waals surface area contributed by atoms with Crippen molar-refractivity contribution in [1.29, 1.82) is 0 Å². The Bertz CT molecular complexity index is 576. The minimum Gasteiger partial charge on any atom is -0.355 e. The van der Waals surface area contributed by atoms with Gasteiger partial charge in [0, 0.05) is 35.7 Å². The highest BCUT2D eigenvalue weighted by molar-refractivity contribution is 5.68. The Morgan fingerprint density at radius 2 is 1.94 bits per heavy atom. The topological polar surface area (TPSA) is 37.8 Å². The van der Waals surface area contributed by atoms with Crippen LogP contribution in [0.2, 0.25) is 0 Å². The number of nitrogens with one attached hydrogen (secondary N) is 1. The highest BCUT2D eigenvalue weighted by atomic mass is 14.9. The molecule has 2 aromatic rings. The van der Waals surface area contributed by atoms with E-state index in [0.717, 1.165) is 12.8 Å². The van der Waals surface area contributed by atoms with E-state index in [1.54, 1.807) is 0 Å². The van der Waals surface area contributed by atoms with Gasteiger partial charge < -0.3 is 5.32 Å². The van der Waals surface area contributed by atoms with Crippen LogP contribution in [0, 0.1) is 0 Å². The molecule has 0 spiro atoms. The predicted octanol–water partition coefficient (Wildman–Crippen LogP) is 3.44. The fraction of sp³-hybridized carbons (Fsp3) is 0.333. The van der Waals surface area contributed by atoms with Gasteiger partial charge in [-0.2, -0.15) is 0 Å². The summed E-state index contributed by atoms with van der Waals surface area (Å²) >= 11 is 0. The Labute approximate surface area is 107 Å². The van der Waals surface area contributed by atoms with E-state index in [0.29, 0.717) is 5.92 Å². The highest BCUT2D eigenvalue weighted by Gasteiger charge is 2.17. The third-order valence-corrected chi connectivity index (χ3v) is 3.45. The number of pyridine rings is 2. The average Bonchev–Trinajstić information content (AvgIpc) is 2.56. The minimum atomic E-state index is 0.459. The van der Waals surface area contributed by atoms with E-state index >= 15 is 0 Å². The zero-order valence-electron chi connectivity index (χ0n) is 10.8. The van der Waals surface area contributed by atoms with E-state index in [1.807, 2.05) is 24.7 Å². The molecule has 3 rings (SSSR count). The Hall–Kier alpha value is -1.90. The number of fused-ring (bicyclic) bond motifs is 2. The van der Waals surface area contributed by atoms with Crippen molar-refractivity contribution < 1.29 is 0 Å². The van der Waals surface area contributed by atoms with Crippen LogP contribution >= 0.6 is 0 Å². The third kappa shape index (κ3) is 1.86.